The van der Waals surface area contributed by atoms with Gasteiger partial charge in [0.25, 0.3) is 5.91 Å². The number of hydrogen-bond acceptors (Lipinski definition) is 6. The summed E-state index contributed by atoms with van der Waals surface area (Å²) in [6.07, 6.45) is 2.26. The Morgan fingerprint density at radius 1 is 1.32 bits per heavy atom. The average molecular weight is 303 g/mol. The SMILES string of the molecule is N[C@@H](Cc1cnc[nH]1)C(=O)N(N)C(=O)OCc1ccccc1. The Labute approximate surface area is 127 Å². The van der Waals surface area contributed by atoms with Gasteiger partial charge in [-0.1, -0.05) is 30.3 Å². The molecule has 8 heteroatoms. The predicted molar refractivity (Wildman–Crippen MR) is 77.9 cm³/mol. The standard InChI is InChI=1S/C14H17N5O3/c15-12(6-11-7-17-9-18-11)13(20)19(16)14(21)22-8-10-4-2-1-3-5-10/h1-5,7,9,12H,6,8,15-16H2,(H,17,18)/t12-/m0/s1. The Balaban J connectivity index is 1.85. The molecule has 0 radical (unpaired) electrons. The highest BCUT2D eigenvalue weighted by molar-refractivity contribution is 5.94. The number of aromatic nitrogens is 2. The fourth-order valence-electron chi connectivity index (χ4n) is 1.78. The van der Waals surface area contributed by atoms with Gasteiger partial charge < -0.3 is 15.5 Å². The molecule has 0 saturated heterocycles. The largest absolute Gasteiger partial charge is 0.443 e. The van der Waals surface area contributed by atoms with E-state index in [-0.39, 0.29) is 13.0 Å². The molecule has 0 unspecified atom stereocenters. The van der Waals surface area contributed by atoms with Gasteiger partial charge in [0.05, 0.1) is 12.4 Å². The third-order valence-corrected chi connectivity index (χ3v) is 2.95. The summed E-state index contributed by atoms with van der Waals surface area (Å²) in [5.41, 5.74) is 7.19. The molecule has 1 aromatic heterocycles. The Hall–Kier alpha value is -2.71. The fourth-order valence-corrected chi connectivity index (χ4v) is 1.78. The van der Waals surface area contributed by atoms with Crippen LogP contribution in [0.3, 0.4) is 0 Å². The second kappa shape index (κ2) is 7.34. The number of rotatable bonds is 5. The molecule has 1 aromatic carbocycles. The van der Waals surface area contributed by atoms with Crippen molar-refractivity contribution in [2.45, 2.75) is 19.1 Å². The van der Waals surface area contributed by atoms with Crippen molar-refractivity contribution < 1.29 is 14.3 Å². The van der Waals surface area contributed by atoms with Gasteiger partial charge >= 0.3 is 6.09 Å². The molecule has 0 saturated carbocycles. The number of imide groups is 1. The number of aromatic amines is 1. The first-order valence-corrected chi connectivity index (χ1v) is 6.60. The summed E-state index contributed by atoms with van der Waals surface area (Å²) in [4.78, 5) is 30.3. The van der Waals surface area contributed by atoms with Gasteiger partial charge in [-0.3, -0.25) is 4.79 Å². The quantitative estimate of drug-likeness (QED) is 0.414. The predicted octanol–water partition coefficient (Wildman–Crippen LogP) is 0.319. The van der Waals surface area contributed by atoms with E-state index in [0.717, 1.165) is 5.56 Å². The maximum absolute atomic E-state index is 12.0. The molecule has 22 heavy (non-hydrogen) atoms. The minimum absolute atomic E-state index is 0.0242. The van der Waals surface area contributed by atoms with E-state index in [9.17, 15) is 9.59 Å². The number of ether oxygens (including phenoxy) is 1. The summed E-state index contributed by atoms with van der Waals surface area (Å²) in [5.74, 6) is 4.73. The molecule has 2 aromatic rings. The number of imidazole rings is 1. The monoisotopic (exact) mass is 303 g/mol. The van der Waals surface area contributed by atoms with E-state index in [2.05, 4.69) is 9.97 Å². The lowest BCUT2D eigenvalue weighted by Gasteiger charge is -2.18. The molecule has 0 bridgehead atoms. The highest BCUT2D eigenvalue weighted by atomic mass is 16.6. The van der Waals surface area contributed by atoms with Crippen molar-refractivity contribution in [3.63, 3.8) is 0 Å². The third-order valence-electron chi connectivity index (χ3n) is 2.95. The van der Waals surface area contributed by atoms with Crippen LogP contribution < -0.4 is 11.6 Å². The van der Waals surface area contributed by atoms with Crippen molar-refractivity contribution in [2.75, 3.05) is 0 Å². The molecule has 1 atom stereocenters. The number of benzene rings is 1. The van der Waals surface area contributed by atoms with E-state index in [1.165, 1.54) is 6.33 Å². The summed E-state index contributed by atoms with van der Waals surface area (Å²) in [7, 11) is 0. The molecule has 1 heterocycles. The molecule has 0 fully saturated rings. The first-order chi connectivity index (χ1) is 10.6. The van der Waals surface area contributed by atoms with Gasteiger partial charge in [-0.25, -0.2) is 15.6 Å². The Kier molecular flexibility index (Phi) is 5.23. The molecule has 116 valence electrons. The molecule has 2 rings (SSSR count). The lowest BCUT2D eigenvalue weighted by molar-refractivity contribution is -0.131. The van der Waals surface area contributed by atoms with E-state index in [0.29, 0.717) is 10.7 Å². The Morgan fingerprint density at radius 2 is 2.05 bits per heavy atom. The van der Waals surface area contributed by atoms with Crippen LogP contribution >= 0.6 is 0 Å². The molecular formula is C14H17N5O3. The van der Waals surface area contributed by atoms with Crippen LogP contribution in [0.5, 0.6) is 0 Å². The number of carbonyl (C=O) groups excluding carboxylic acids is 2. The van der Waals surface area contributed by atoms with Crippen LogP contribution in [-0.4, -0.2) is 33.0 Å². The van der Waals surface area contributed by atoms with Crippen molar-refractivity contribution >= 4 is 12.0 Å². The maximum atomic E-state index is 12.0. The Bertz CT molecular complexity index is 615. The average Bonchev–Trinajstić information content (AvgIpc) is 3.05. The summed E-state index contributed by atoms with van der Waals surface area (Å²) >= 11 is 0. The van der Waals surface area contributed by atoms with Crippen molar-refractivity contribution in [1.82, 2.24) is 15.0 Å². The van der Waals surface area contributed by atoms with Crippen molar-refractivity contribution in [2.24, 2.45) is 11.6 Å². The molecule has 0 aliphatic carbocycles. The van der Waals surface area contributed by atoms with Crippen molar-refractivity contribution in [3.05, 3.63) is 54.1 Å². The van der Waals surface area contributed by atoms with E-state index >= 15 is 0 Å². The van der Waals surface area contributed by atoms with E-state index in [1.807, 2.05) is 18.2 Å². The summed E-state index contributed by atoms with van der Waals surface area (Å²) in [5, 5.41) is 0.393. The zero-order valence-electron chi connectivity index (χ0n) is 11.8. The van der Waals surface area contributed by atoms with Crippen LogP contribution in [-0.2, 0) is 22.6 Å². The second-order valence-corrected chi connectivity index (χ2v) is 4.64. The van der Waals surface area contributed by atoms with Crippen LogP contribution in [0.1, 0.15) is 11.3 Å². The number of amides is 2. The van der Waals surface area contributed by atoms with Gasteiger partial charge in [-0.2, -0.15) is 5.01 Å². The van der Waals surface area contributed by atoms with Gasteiger partial charge in [-0.05, 0) is 5.56 Å². The molecule has 0 aliphatic heterocycles. The molecule has 2 amide bonds. The smallest absolute Gasteiger partial charge is 0.431 e. The zero-order valence-corrected chi connectivity index (χ0v) is 11.8. The van der Waals surface area contributed by atoms with Crippen LogP contribution in [0, 0.1) is 0 Å². The highest BCUT2D eigenvalue weighted by Gasteiger charge is 2.25. The van der Waals surface area contributed by atoms with E-state index in [4.69, 9.17) is 16.3 Å². The summed E-state index contributed by atoms with van der Waals surface area (Å²) in [6, 6.07) is 8.09. The normalized spacial score (nSPS) is 11.7. The molecule has 5 N–H and O–H groups in total. The number of H-pyrrole nitrogens is 1. The molecule has 0 spiro atoms. The molecule has 0 aliphatic rings. The Morgan fingerprint density at radius 3 is 2.68 bits per heavy atom. The number of carbonyl (C=O) groups is 2. The van der Waals surface area contributed by atoms with Crippen LogP contribution in [0.25, 0.3) is 0 Å². The maximum Gasteiger partial charge on any atom is 0.431 e. The van der Waals surface area contributed by atoms with Gasteiger partial charge in [0.2, 0.25) is 0 Å². The topological polar surface area (TPSA) is 127 Å². The van der Waals surface area contributed by atoms with E-state index in [1.54, 1.807) is 18.3 Å². The number of nitrogens with two attached hydrogens (primary N) is 2. The first-order valence-electron chi connectivity index (χ1n) is 6.60. The minimum Gasteiger partial charge on any atom is -0.443 e. The van der Waals surface area contributed by atoms with Gasteiger partial charge in [0, 0.05) is 18.3 Å². The first kappa shape index (κ1) is 15.7. The van der Waals surface area contributed by atoms with E-state index < -0.39 is 18.0 Å². The fraction of sp³-hybridized carbons (Fsp3) is 0.214. The number of nitrogens with one attached hydrogen (secondary N) is 1. The second-order valence-electron chi connectivity index (χ2n) is 4.64. The van der Waals surface area contributed by atoms with Crippen molar-refractivity contribution in [1.29, 1.82) is 0 Å². The minimum atomic E-state index is -0.963. The zero-order chi connectivity index (χ0) is 15.9. The number of hydrazine groups is 1. The van der Waals surface area contributed by atoms with Crippen molar-refractivity contribution in [3.8, 4) is 0 Å². The highest BCUT2D eigenvalue weighted by Crippen LogP contribution is 2.04. The van der Waals surface area contributed by atoms with Crippen LogP contribution in [0.2, 0.25) is 0 Å². The number of hydrogen-bond donors (Lipinski definition) is 3. The van der Waals surface area contributed by atoms with Gasteiger partial charge in [-0.15, -0.1) is 0 Å². The summed E-state index contributed by atoms with van der Waals surface area (Å²) in [6.45, 7) is 0.0242. The van der Waals surface area contributed by atoms with Gasteiger partial charge in [0.15, 0.2) is 0 Å². The molecule has 8 nitrogen and oxygen atoms in total. The van der Waals surface area contributed by atoms with Crippen LogP contribution in [0.15, 0.2) is 42.9 Å². The third kappa shape index (κ3) is 4.14. The van der Waals surface area contributed by atoms with Crippen LogP contribution in [0.4, 0.5) is 4.79 Å². The van der Waals surface area contributed by atoms with Gasteiger partial charge in [0.1, 0.15) is 6.61 Å². The lowest BCUT2D eigenvalue weighted by Crippen LogP contribution is -2.51. The number of nitrogens with zero attached hydrogens (tertiary/aromatic N) is 2. The lowest BCUT2D eigenvalue weighted by atomic mass is 10.1. The molecular weight excluding hydrogens is 286 g/mol. The summed E-state index contributed by atoms with van der Waals surface area (Å²) < 4.78 is 4.96.